The van der Waals surface area contributed by atoms with Crippen molar-refractivity contribution < 1.29 is 24.6 Å². The predicted octanol–water partition coefficient (Wildman–Crippen LogP) is 0.412. The van der Waals surface area contributed by atoms with Crippen LogP contribution in [0, 0.1) is 0 Å². The molecule has 0 spiro atoms. The van der Waals surface area contributed by atoms with Crippen molar-refractivity contribution in [2.24, 2.45) is 0 Å². The second kappa shape index (κ2) is 14.5. The first-order valence-corrected chi connectivity index (χ1v) is 9.21. The van der Waals surface area contributed by atoms with Crippen molar-refractivity contribution in [2.45, 2.75) is 45.6 Å². The molecule has 0 saturated carbocycles. The van der Waals surface area contributed by atoms with E-state index in [0.29, 0.717) is 26.1 Å². The van der Waals surface area contributed by atoms with Gasteiger partial charge in [-0.25, -0.2) is 0 Å². The standard InChI is InChI=1S/C11H25O4P.C2H7N/c1-3-5-7-15-8-6-9-16(13,14)10-11(12)4-2;1-3-2/h11-12H,3-10H2,1-2H3,(H,13,14);3H,1-2H3. The van der Waals surface area contributed by atoms with Gasteiger partial charge in [0, 0.05) is 26.7 Å². The van der Waals surface area contributed by atoms with Crippen molar-refractivity contribution in [3.63, 3.8) is 0 Å². The summed E-state index contributed by atoms with van der Waals surface area (Å²) in [6, 6.07) is 0. The molecule has 0 fully saturated rings. The molecule has 0 aliphatic carbocycles. The van der Waals surface area contributed by atoms with E-state index < -0.39 is 13.5 Å². The highest BCUT2D eigenvalue weighted by Gasteiger charge is 2.12. The third-order valence-electron chi connectivity index (χ3n) is 2.39. The summed E-state index contributed by atoms with van der Waals surface area (Å²) in [6.07, 6.45) is 2.44. The highest BCUT2D eigenvalue weighted by molar-refractivity contribution is 7.56. The number of aliphatic hydroxyl groups is 1. The maximum atomic E-state index is 11.5. The summed E-state index contributed by atoms with van der Waals surface area (Å²) in [7, 11) is 0.599. The molecule has 0 aromatic carbocycles. The average molecular weight is 297 g/mol. The minimum Gasteiger partial charge on any atom is -0.799 e. The van der Waals surface area contributed by atoms with E-state index in [4.69, 9.17) is 4.74 Å². The predicted molar refractivity (Wildman–Crippen MR) is 77.8 cm³/mol. The molecule has 0 aromatic heterocycles. The molecule has 0 radical (unpaired) electrons. The van der Waals surface area contributed by atoms with Crippen LogP contribution in [0.1, 0.15) is 39.5 Å². The van der Waals surface area contributed by atoms with Crippen LogP contribution in [0.4, 0.5) is 0 Å². The lowest BCUT2D eigenvalue weighted by Gasteiger charge is -2.25. The van der Waals surface area contributed by atoms with E-state index in [1.54, 1.807) is 6.92 Å². The van der Waals surface area contributed by atoms with Gasteiger partial charge in [-0.2, -0.15) is 0 Å². The van der Waals surface area contributed by atoms with Gasteiger partial charge < -0.3 is 24.6 Å². The largest absolute Gasteiger partial charge is 0.799 e. The number of ether oxygens (including phenoxy) is 1. The van der Waals surface area contributed by atoms with Gasteiger partial charge in [0.15, 0.2) is 0 Å². The summed E-state index contributed by atoms with van der Waals surface area (Å²) >= 11 is 0. The van der Waals surface area contributed by atoms with Gasteiger partial charge in [-0.05, 0) is 25.4 Å². The topological polar surface area (TPSA) is 86.2 Å². The normalized spacial score (nSPS) is 15.3. The lowest BCUT2D eigenvalue weighted by atomic mass is 10.3. The molecule has 0 bridgehead atoms. The van der Waals surface area contributed by atoms with E-state index in [-0.39, 0.29) is 12.3 Å². The van der Waals surface area contributed by atoms with Crippen LogP contribution in [-0.4, -0.2) is 50.8 Å². The number of hydrogen-bond acceptors (Lipinski definition) is 4. The molecule has 2 unspecified atom stereocenters. The van der Waals surface area contributed by atoms with Gasteiger partial charge in [-0.3, -0.25) is 0 Å². The first-order valence-electron chi connectivity index (χ1n) is 7.22. The molecule has 0 amide bonds. The minimum absolute atomic E-state index is 0.0988. The fraction of sp³-hybridized carbons (Fsp3) is 1.00. The molecule has 19 heavy (non-hydrogen) atoms. The highest BCUT2D eigenvalue weighted by Crippen LogP contribution is 2.37. The summed E-state index contributed by atoms with van der Waals surface area (Å²) in [6.45, 7) is 5.06. The van der Waals surface area contributed by atoms with E-state index in [0.717, 1.165) is 12.8 Å². The van der Waals surface area contributed by atoms with E-state index in [9.17, 15) is 14.6 Å². The third kappa shape index (κ3) is 18.1. The summed E-state index contributed by atoms with van der Waals surface area (Å²) in [5, 5.41) is 11.3. The van der Waals surface area contributed by atoms with E-state index in [1.165, 1.54) is 0 Å². The smallest absolute Gasteiger partial charge is 0.0647 e. The van der Waals surface area contributed by atoms with Gasteiger partial charge in [0.2, 0.25) is 0 Å². The summed E-state index contributed by atoms with van der Waals surface area (Å²) in [5.41, 5.74) is 0. The van der Waals surface area contributed by atoms with Gasteiger partial charge in [0.25, 0.3) is 0 Å². The first-order chi connectivity index (χ1) is 8.93. The van der Waals surface area contributed by atoms with Gasteiger partial charge in [-0.15, -0.1) is 0 Å². The average Bonchev–Trinajstić information content (AvgIpc) is 2.34. The summed E-state index contributed by atoms with van der Waals surface area (Å²) in [4.78, 5) is 11.5. The second-order valence-corrected chi connectivity index (χ2v) is 7.12. The molecule has 0 aromatic rings. The molecule has 3 N–H and O–H groups in total. The molecule has 0 aliphatic heterocycles. The van der Waals surface area contributed by atoms with Crippen LogP contribution in [0.5, 0.6) is 0 Å². The maximum absolute atomic E-state index is 11.5. The molecule has 118 valence electrons. The number of unbranched alkanes of at least 4 members (excludes halogenated alkanes) is 1. The molecule has 0 rings (SSSR count). The van der Waals surface area contributed by atoms with Crippen molar-refractivity contribution in [1.82, 2.24) is 0 Å². The number of aliphatic hydroxyl groups excluding tert-OH is 1. The number of quaternary nitrogens is 1. The van der Waals surface area contributed by atoms with Crippen molar-refractivity contribution in [1.29, 1.82) is 0 Å². The molecule has 2 atom stereocenters. The zero-order valence-electron chi connectivity index (χ0n) is 12.9. The summed E-state index contributed by atoms with van der Waals surface area (Å²) < 4.78 is 16.8. The van der Waals surface area contributed by atoms with E-state index >= 15 is 0 Å². The third-order valence-corrected chi connectivity index (χ3v) is 4.37. The molecule has 0 aliphatic rings. The van der Waals surface area contributed by atoms with Crippen LogP contribution in [0.2, 0.25) is 0 Å². The quantitative estimate of drug-likeness (QED) is 0.452. The van der Waals surface area contributed by atoms with Gasteiger partial charge in [0.1, 0.15) is 0 Å². The Labute approximate surface area is 118 Å². The molecular formula is C13H32NO4P. The first kappa shape index (κ1) is 21.4. The van der Waals surface area contributed by atoms with Crippen LogP contribution >= 0.6 is 7.37 Å². The molecular weight excluding hydrogens is 265 g/mol. The van der Waals surface area contributed by atoms with Crippen LogP contribution in [0.25, 0.3) is 0 Å². The fourth-order valence-electron chi connectivity index (χ4n) is 1.30. The fourth-order valence-corrected chi connectivity index (χ4v) is 2.99. The van der Waals surface area contributed by atoms with E-state index in [2.05, 4.69) is 6.92 Å². The molecule has 5 nitrogen and oxygen atoms in total. The van der Waals surface area contributed by atoms with Crippen LogP contribution in [-0.2, 0) is 9.30 Å². The monoisotopic (exact) mass is 297 g/mol. The Kier molecular flexibility index (Phi) is 16.3. The van der Waals surface area contributed by atoms with Crippen molar-refractivity contribution in [2.75, 3.05) is 39.6 Å². The van der Waals surface area contributed by atoms with Crippen LogP contribution in [0.3, 0.4) is 0 Å². The van der Waals surface area contributed by atoms with Crippen molar-refractivity contribution in [3.05, 3.63) is 0 Å². The maximum Gasteiger partial charge on any atom is 0.0647 e. The van der Waals surface area contributed by atoms with Gasteiger partial charge >= 0.3 is 0 Å². The molecule has 0 saturated heterocycles. The van der Waals surface area contributed by atoms with Crippen LogP contribution in [0.15, 0.2) is 0 Å². The number of nitrogens with two attached hydrogens (primary N) is 1. The van der Waals surface area contributed by atoms with Crippen molar-refractivity contribution in [3.8, 4) is 0 Å². The Hall–Kier alpha value is 0.0700. The van der Waals surface area contributed by atoms with Gasteiger partial charge in [-0.1, -0.05) is 20.3 Å². The Morgan fingerprint density at radius 1 is 1.26 bits per heavy atom. The highest BCUT2D eigenvalue weighted by atomic mass is 31.2. The zero-order chi connectivity index (χ0) is 15.1. The zero-order valence-corrected chi connectivity index (χ0v) is 13.8. The van der Waals surface area contributed by atoms with E-state index in [1.807, 2.05) is 19.4 Å². The molecule has 6 heteroatoms. The SMILES string of the molecule is CCCCOCCCP(=O)([O-])CC(O)CC.C[NH2+]C. The Balaban J connectivity index is 0. The Morgan fingerprint density at radius 2 is 1.79 bits per heavy atom. The van der Waals surface area contributed by atoms with Crippen LogP contribution < -0.4 is 10.2 Å². The summed E-state index contributed by atoms with van der Waals surface area (Å²) in [5.74, 6) is 0. The van der Waals surface area contributed by atoms with Crippen molar-refractivity contribution >= 4 is 7.37 Å². The second-order valence-electron chi connectivity index (χ2n) is 4.68. The number of hydrogen-bond donors (Lipinski definition) is 2. The lowest BCUT2D eigenvalue weighted by molar-refractivity contribution is -0.597. The van der Waals surface area contributed by atoms with Gasteiger partial charge in [0.05, 0.1) is 20.2 Å². The number of rotatable bonds is 10. The minimum atomic E-state index is -3.40. The Morgan fingerprint density at radius 3 is 2.26 bits per heavy atom. The lowest BCUT2D eigenvalue weighted by Crippen LogP contribution is -2.74. The Bertz CT molecular complexity index is 227. The molecule has 0 heterocycles.